The highest BCUT2D eigenvalue weighted by Crippen LogP contribution is 2.26. The normalized spacial score (nSPS) is 13.8. The fourth-order valence-electron chi connectivity index (χ4n) is 0.670. The van der Waals surface area contributed by atoms with E-state index >= 15 is 0 Å². The van der Waals surface area contributed by atoms with Crippen LogP contribution in [0, 0.1) is 0 Å². The second-order valence-corrected chi connectivity index (χ2v) is 2.16. The molecular weight excluding hydrogens is 165 g/mol. The quantitative estimate of drug-likeness (QED) is 0.576. The van der Waals surface area contributed by atoms with Crippen molar-refractivity contribution < 1.29 is 13.2 Å². The van der Waals surface area contributed by atoms with Crippen LogP contribution in [0.4, 0.5) is 13.2 Å². The fourth-order valence-corrected chi connectivity index (χ4v) is 0.670. The van der Waals surface area contributed by atoms with Crippen LogP contribution in [-0.4, -0.2) is 6.18 Å². The molecule has 0 saturated carbocycles. The van der Waals surface area contributed by atoms with Gasteiger partial charge >= 0.3 is 6.18 Å². The Balaban J connectivity index is 4.56. The predicted octanol–water partition coefficient (Wildman–Crippen LogP) is 3.63. The van der Waals surface area contributed by atoms with E-state index in [1.54, 1.807) is 6.92 Å². The number of hydrogen-bond acceptors (Lipinski definition) is 0. The molecule has 0 unspecified atom stereocenters. The number of allylic oxidation sites excluding steroid dienone is 5. The Morgan fingerprint density at radius 3 is 2.33 bits per heavy atom. The monoisotopic (exact) mass is 176 g/mol. The molecule has 0 aliphatic rings. The summed E-state index contributed by atoms with van der Waals surface area (Å²) in [6.45, 7) is 4.95. The van der Waals surface area contributed by atoms with Crippen molar-refractivity contribution in [1.82, 2.24) is 0 Å². The molecule has 0 rings (SSSR count). The summed E-state index contributed by atoms with van der Waals surface area (Å²) < 4.78 is 36.2. The maximum absolute atomic E-state index is 12.1. The van der Waals surface area contributed by atoms with Gasteiger partial charge in [0.15, 0.2) is 0 Å². The highest BCUT2D eigenvalue weighted by atomic mass is 19.4. The number of alkyl halides is 3. The minimum Gasteiger partial charge on any atom is -0.166 e. The first-order chi connectivity index (χ1) is 5.52. The van der Waals surface area contributed by atoms with Gasteiger partial charge in [-0.3, -0.25) is 0 Å². The second-order valence-electron chi connectivity index (χ2n) is 2.16. The van der Waals surface area contributed by atoms with Crippen molar-refractivity contribution in [2.45, 2.75) is 19.5 Å². The van der Waals surface area contributed by atoms with E-state index in [1.165, 1.54) is 12.2 Å². The van der Waals surface area contributed by atoms with Gasteiger partial charge in [-0.05, 0) is 6.42 Å². The van der Waals surface area contributed by atoms with E-state index in [0.29, 0.717) is 6.42 Å². The summed E-state index contributed by atoms with van der Waals surface area (Å²) in [5.41, 5.74) is -0.620. The molecule has 0 aromatic carbocycles. The van der Waals surface area contributed by atoms with Crippen molar-refractivity contribution in [2.75, 3.05) is 0 Å². The van der Waals surface area contributed by atoms with E-state index in [0.717, 1.165) is 12.2 Å². The first-order valence-electron chi connectivity index (χ1n) is 3.58. The van der Waals surface area contributed by atoms with Crippen LogP contribution in [0.1, 0.15) is 13.3 Å². The number of rotatable bonds is 3. The van der Waals surface area contributed by atoms with Gasteiger partial charge in [-0.15, -0.1) is 0 Å². The molecule has 0 amide bonds. The average molecular weight is 176 g/mol. The summed E-state index contributed by atoms with van der Waals surface area (Å²) in [6.07, 6.45) is 0.854. The number of halogens is 3. The van der Waals surface area contributed by atoms with E-state index in [4.69, 9.17) is 0 Å². The largest absolute Gasteiger partial charge is 0.416 e. The molecule has 3 heteroatoms. The lowest BCUT2D eigenvalue weighted by Gasteiger charge is -2.06. The molecule has 0 fully saturated rings. The van der Waals surface area contributed by atoms with Crippen LogP contribution in [-0.2, 0) is 0 Å². The maximum atomic E-state index is 12.1. The van der Waals surface area contributed by atoms with Crippen molar-refractivity contribution in [1.29, 1.82) is 0 Å². The standard InChI is InChI=1S/C9H11F3/c1-3-5-7-8(6-4-2)9(10,11)12/h3,5-7H,1,4H2,2H3/b7-5-,8-6+. The highest BCUT2D eigenvalue weighted by molar-refractivity contribution is 5.25. The van der Waals surface area contributed by atoms with Gasteiger partial charge in [-0.1, -0.05) is 37.8 Å². The fraction of sp³-hybridized carbons (Fsp3) is 0.333. The molecule has 0 aliphatic heterocycles. The SMILES string of the molecule is C=C/C=C\C(=C/CC)C(F)(F)F. The molecule has 0 aromatic rings. The van der Waals surface area contributed by atoms with Crippen molar-refractivity contribution in [2.24, 2.45) is 0 Å². The Hall–Kier alpha value is -0.990. The minimum atomic E-state index is -4.25. The maximum Gasteiger partial charge on any atom is 0.416 e. The summed E-state index contributed by atoms with van der Waals surface area (Å²) in [7, 11) is 0. The number of hydrogen-bond donors (Lipinski definition) is 0. The predicted molar refractivity (Wildman–Crippen MR) is 43.8 cm³/mol. The summed E-state index contributed by atoms with van der Waals surface area (Å²) >= 11 is 0. The van der Waals surface area contributed by atoms with Crippen molar-refractivity contribution >= 4 is 0 Å². The van der Waals surface area contributed by atoms with Crippen LogP contribution in [0.5, 0.6) is 0 Å². The summed E-state index contributed by atoms with van der Waals surface area (Å²) in [5, 5.41) is 0. The minimum absolute atomic E-state index is 0.371. The first kappa shape index (κ1) is 11.0. The molecule has 0 spiro atoms. The smallest absolute Gasteiger partial charge is 0.166 e. The zero-order chi connectivity index (χ0) is 9.61. The molecule has 12 heavy (non-hydrogen) atoms. The third-order valence-electron chi connectivity index (χ3n) is 1.16. The lowest BCUT2D eigenvalue weighted by Crippen LogP contribution is -2.09. The molecule has 0 aromatic heterocycles. The second kappa shape index (κ2) is 4.80. The summed E-state index contributed by atoms with van der Waals surface area (Å²) in [5.74, 6) is 0. The van der Waals surface area contributed by atoms with E-state index in [2.05, 4.69) is 6.58 Å². The Kier molecular flexibility index (Phi) is 4.40. The van der Waals surface area contributed by atoms with Gasteiger partial charge in [-0.2, -0.15) is 13.2 Å². The Labute approximate surface area is 70.1 Å². The molecule has 0 aliphatic carbocycles. The summed E-state index contributed by atoms with van der Waals surface area (Å²) in [4.78, 5) is 0. The molecule has 0 nitrogen and oxygen atoms in total. The third-order valence-corrected chi connectivity index (χ3v) is 1.16. The Morgan fingerprint density at radius 1 is 1.42 bits per heavy atom. The van der Waals surface area contributed by atoms with Gasteiger partial charge in [-0.25, -0.2) is 0 Å². The molecule has 0 radical (unpaired) electrons. The van der Waals surface area contributed by atoms with Gasteiger partial charge in [0.2, 0.25) is 0 Å². The van der Waals surface area contributed by atoms with Gasteiger partial charge < -0.3 is 0 Å². The zero-order valence-electron chi connectivity index (χ0n) is 6.86. The lowest BCUT2D eigenvalue weighted by atomic mass is 10.2. The van der Waals surface area contributed by atoms with E-state index < -0.39 is 11.7 Å². The van der Waals surface area contributed by atoms with Gasteiger partial charge in [0.25, 0.3) is 0 Å². The molecule has 0 heterocycles. The molecule has 0 saturated heterocycles. The van der Waals surface area contributed by atoms with Gasteiger partial charge in [0.1, 0.15) is 0 Å². The van der Waals surface area contributed by atoms with Gasteiger partial charge in [0, 0.05) is 0 Å². The topological polar surface area (TPSA) is 0 Å². The van der Waals surface area contributed by atoms with Crippen molar-refractivity contribution in [3.05, 3.63) is 36.5 Å². The molecule has 68 valence electrons. The van der Waals surface area contributed by atoms with E-state index in [9.17, 15) is 13.2 Å². The van der Waals surface area contributed by atoms with Crippen molar-refractivity contribution in [3.8, 4) is 0 Å². The van der Waals surface area contributed by atoms with Gasteiger partial charge in [0.05, 0.1) is 5.57 Å². The van der Waals surface area contributed by atoms with E-state index in [-0.39, 0.29) is 0 Å². The highest BCUT2D eigenvalue weighted by Gasteiger charge is 2.30. The van der Waals surface area contributed by atoms with Crippen LogP contribution in [0.15, 0.2) is 36.5 Å². The molecule has 0 bridgehead atoms. The van der Waals surface area contributed by atoms with Crippen LogP contribution < -0.4 is 0 Å². The average Bonchev–Trinajstić information content (AvgIpc) is 1.95. The lowest BCUT2D eigenvalue weighted by molar-refractivity contribution is -0.0884. The molecular formula is C9H11F3. The van der Waals surface area contributed by atoms with Crippen LogP contribution >= 0.6 is 0 Å². The molecule has 0 atom stereocenters. The van der Waals surface area contributed by atoms with Crippen molar-refractivity contribution in [3.63, 3.8) is 0 Å². The zero-order valence-corrected chi connectivity index (χ0v) is 6.86. The summed E-state index contributed by atoms with van der Waals surface area (Å²) in [6, 6.07) is 0. The van der Waals surface area contributed by atoms with E-state index in [1.807, 2.05) is 0 Å². The first-order valence-corrected chi connectivity index (χ1v) is 3.58. The Bertz CT molecular complexity index is 196. The third kappa shape index (κ3) is 4.01. The van der Waals surface area contributed by atoms with Crippen LogP contribution in [0.25, 0.3) is 0 Å². The van der Waals surface area contributed by atoms with Crippen LogP contribution in [0.3, 0.4) is 0 Å². The Morgan fingerprint density at radius 2 is 2.00 bits per heavy atom. The van der Waals surface area contributed by atoms with Crippen LogP contribution in [0.2, 0.25) is 0 Å². The molecule has 0 N–H and O–H groups in total.